The Kier molecular flexibility index (Phi) is 5.89. The summed E-state index contributed by atoms with van der Waals surface area (Å²) in [4.78, 5) is 6.96. The predicted molar refractivity (Wildman–Crippen MR) is 77.2 cm³/mol. The van der Waals surface area contributed by atoms with E-state index in [0.29, 0.717) is 0 Å². The molecular weight excluding hydrogens is 222 g/mol. The molecule has 0 radical (unpaired) electrons. The van der Waals surface area contributed by atoms with Crippen molar-refractivity contribution in [2.75, 3.05) is 32.8 Å². The van der Waals surface area contributed by atoms with Gasteiger partial charge in [-0.05, 0) is 37.9 Å². The van der Waals surface area contributed by atoms with E-state index in [2.05, 4.69) is 27.3 Å². The summed E-state index contributed by atoms with van der Waals surface area (Å²) in [5.74, 6) is 0. The third-order valence-corrected chi connectivity index (χ3v) is 3.21. The van der Waals surface area contributed by atoms with E-state index in [1.165, 1.54) is 44.5 Å². The molecule has 1 heterocycles. The highest BCUT2D eigenvalue weighted by Crippen LogP contribution is 2.00. The Balaban J connectivity index is 1.54. The van der Waals surface area contributed by atoms with Gasteiger partial charge in [0.2, 0.25) is 0 Å². The quantitative estimate of drug-likeness (QED) is 0.614. The van der Waals surface area contributed by atoms with E-state index in [0.717, 1.165) is 13.2 Å². The lowest BCUT2D eigenvalue weighted by Crippen LogP contribution is -2.41. The van der Waals surface area contributed by atoms with Gasteiger partial charge in [-0.2, -0.15) is 0 Å². The zero-order valence-electron chi connectivity index (χ0n) is 11.0. The van der Waals surface area contributed by atoms with Crippen molar-refractivity contribution >= 4 is 6.21 Å². The number of aliphatic imine (C=N–C) groups is 1. The Bertz CT molecular complexity index is 342. The first-order valence-electron chi connectivity index (χ1n) is 6.93. The third-order valence-electron chi connectivity index (χ3n) is 3.21. The summed E-state index contributed by atoms with van der Waals surface area (Å²) in [6.07, 6.45) is 5.68. The van der Waals surface area contributed by atoms with Crippen molar-refractivity contribution < 1.29 is 0 Å². The van der Waals surface area contributed by atoms with Crippen molar-refractivity contribution in [3.63, 3.8) is 0 Å². The van der Waals surface area contributed by atoms with Gasteiger partial charge < -0.3 is 5.32 Å². The fourth-order valence-electron chi connectivity index (χ4n) is 2.18. The minimum atomic E-state index is 0.941. The van der Waals surface area contributed by atoms with Crippen LogP contribution in [0.25, 0.3) is 0 Å². The second kappa shape index (κ2) is 8.01. The molecule has 1 aromatic rings. The second-order valence-electron chi connectivity index (χ2n) is 4.78. The standard InChI is InChI=1S/C15H23N3/c1-2-7-15(8-3-1)13-16-9-4-5-11-18-12-6-10-17-14-18/h1-3,7-8,13,17H,4-6,9-12,14H2. The average molecular weight is 245 g/mol. The molecule has 98 valence electrons. The van der Waals surface area contributed by atoms with Gasteiger partial charge in [0, 0.05) is 26.0 Å². The molecule has 3 heteroatoms. The highest BCUT2D eigenvalue weighted by molar-refractivity contribution is 5.79. The van der Waals surface area contributed by atoms with Crippen molar-refractivity contribution in [1.29, 1.82) is 0 Å². The van der Waals surface area contributed by atoms with Crippen LogP contribution in [0.1, 0.15) is 24.8 Å². The zero-order chi connectivity index (χ0) is 12.5. The van der Waals surface area contributed by atoms with Gasteiger partial charge >= 0.3 is 0 Å². The summed E-state index contributed by atoms with van der Waals surface area (Å²) in [6.45, 7) is 5.63. The molecule has 2 rings (SSSR count). The SMILES string of the molecule is C(=NCCCCN1CCCNC1)c1ccccc1. The zero-order valence-corrected chi connectivity index (χ0v) is 11.0. The predicted octanol–water partition coefficient (Wildman–Crippen LogP) is 2.14. The average Bonchev–Trinajstić information content (AvgIpc) is 2.45. The molecule has 0 bridgehead atoms. The van der Waals surface area contributed by atoms with Crippen molar-refractivity contribution in [2.45, 2.75) is 19.3 Å². The summed E-state index contributed by atoms with van der Waals surface area (Å²) in [7, 11) is 0. The summed E-state index contributed by atoms with van der Waals surface area (Å²) in [5.41, 5.74) is 1.19. The maximum absolute atomic E-state index is 4.47. The van der Waals surface area contributed by atoms with Crippen molar-refractivity contribution in [1.82, 2.24) is 10.2 Å². The number of rotatable bonds is 6. The Hall–Kier alpha value is -1.19. The summed E-state index contributed by atoms with van der Waals surface area (Å²) in [6, 6.07) is 10.3. The first kappa shape index (κ1) is 13.2. The number of nitrogens with one attached hydrogen (secondary N) is 1. The molecule has 1 fully saturated rings. The smallest absolute Gasteiger partial charge is 0.0480 e. The third kappa shape index (κ3) is 4.98. The Labute approximate surface area is 110 Å². The van der Waals surface area contributed by atoms with Crippen LogP contribution < -0.4 is 5.32 Å². The monoisotopic (exact) mass is 245 g/mol. The van der Waals surface area contributed by atoms with E-state index < -0.39 is 0 Å². The van der Waals surface area contributed by atoms with Crippen LogP contribution in [-0.4, -0.2) is 44.0 Å². The van der Waals surface area contributed by atoms with Crippen molar-refractivity contribution in [2.24, 2.45) is 4.99 Å². The van der Waals surface area contributed by atoms with Crippen LogP contribution in [0, 0.1) is 0 Å². The van der Waals surface area contributed by atoms with Crippen molar-refractivity contribution in [3.05, 3.63) is 35.9 Å². The molecule has 1 saturated heterocycles. The fourth-order valence-corrected chi connectivity index (χ4v) is 2.18. The Morgan fingerprint density at radius 1 is 1.22 bits per heavy atom. The molecule has 0 unspecified atom stereocenters. The molecule has 0 spiro atoms. The molecule has 0 amide bonds. The second-order valence-corrected chi connectivity index (χ2v) is 4.78. The van der Waals surface area contributed by atoms with Gasteiger partial charge in [0.15, 0.2) is 0 Å². The molecule has 1 aliphatic rings. The summed E-state index contributed by atoms with van der Waals surface area (Å²) in [5, 5.41) is 3.40. The highest BCUT2D eigenvalue weighted by atomic mass is 15.2. The van der Waals surface area contributed by atoms with Gasteiger partial charge in [-0.15, -0.1) is 0 Å². The van der Waals surface area contributed by atoms with E-state index in [1.807, 2.05) is 24.4 Å². The number of nitrogens with zero attached hydrogens (tertiary/aromatic N) is 2. The lowest BCUT2D eigenvalue weighted by atomic mass is 10.2. The van der Waals surface area contributed by atoms with Crippen LogP contribution in [0.15, 0.2) is 35.3 Å². The van der Waals surface area contributed by atoms with Crippen LogP contribution in [0.2, 0.25) is 0 Å². The van der Waals surface area contributed by atoms with Crippen LogP contribution in [0.3, 0.4) is 0 Å². The van der Waals surface area contributed by atoms with Crippen LogP contribution >= 0.6 is 0 Å². The molecular formula is C15H23N3. The molecule has 18 heavy (non-hydrogen) atoms. The van der Waals surface area contributed by atoms with Gasteiger partial charge in [0.25, 0.3) is 0 Å². The molecule has 1 aromatic carbocycles. The van der Waals surface area contributed by atoms with E-state index in [-0.39, 0.29) is 0 Å². The molecule has 1 N–H and O–H groups in total. The van der Waals surface area contributed by atoms with Gasteiger partial charge in [-0.25, -0.2) is 0 Å². The van der Waals surface area contributed by atoms with Gasteiger partial charge in [-0.3, -0.25) is 9.89 Å². The number of hydrogen-bond donors (Lipinski definition) is 1. The van der Waals surface area contributed by atoms with Gasteiger partial charge in [-0.1, -0.05) is 30.3 Å². The Morgan fingerprint density at radius 3 is 2.89 bits per heavy atom. The fraction of sp³-hybridized carbons (Fsp3) is 0.533. The molecule has 0 atom stereocenters. The maximum Gasteiger partial charge on any atom is 0.0480 e. The lowest BCUT2D eigenvalue weighted by Gasteiger charge is -2.26. The molecule has 3 nitrogen and oxygen atoms in total. The first-order chi connectivity index (χ1) is 8.95. The summed E-state index contributed by atoms with van der Waals surface area (Å²) >= 11 is 0. The van der Waals surface area contributed by atoms with E-state index in [1.54, 1.807) is 0 Å². The molecule has 1 aliphatic heterocycles. The number of hydrogen-bond acceptors (Lipinski definition) is 3. The topological polar surface area (TPSA) is 27.6 Å². The van der Waals surface area contributed by atoms with Gasteiger partial charge in [0.05, 0.1) is 0 Å². The van der Waals surface area contributed by atoms with E-state index >= 15 is 0 Å². The maximum atomic E-state index is 4.47. The molecule has 0 aromatic heterocycles. The van der Waals surface area contributed by atoms with E-state index in [4.69, 9.17) is 0 Å². The first-order valence-corrected chi connectivity index (χ1v) is 6.93. The van der Waals surface area contributed by atoms with Gasteiger partial charge in [0.1, 0.15) is 0 Å². The number of unbranched alkanes of at least 4 members (excludes halogenated alkanes) is 1. The van der Waals surface area contributed by atoms with E-state index in [9.17, 15) is 0 Å². The lowest BCUT2D eigenvalue weighted by molar-refractivity contribution is 0.212. The van der Waals surface area contributed by atoms with Crippen LogP contribution in [0.5, 0.6) is 0 Å². The van der Waals surface area contributed by atoms with Crippen LogP contribution in [0.4, 0.5) is 0 Å². The largest absolute Gasteiger partial charge is 0.304 e. The Morgan fingerprint density at radius 2 is 2.11 bits per heavy atom. The minimum absolute atomic E-state index is 0.941. The molecule has 0 aliphatic carbocycles. The number of benzene rings is 1. The van der Waals surface area contributed by atoms with Crippen LogP contribution in [-0.2, 0) is 0 Å². The molecule has 0 saturated carbocycles. The highest BCUT2D eigenvalue weighted by Gasteiger charge is 2.07. The normalized spacial score (nSPS) is 17.3. The minimum Gasteiger partial charge on any atom is -0.304 e. The summed E-state index contributed by atoms with van der Waals surface area (Å²) < 4.78 is 0. The van der Waals surface area contributed by atoms with Crippen molar-refractivity contribution in [3.8, 4) is 0 Å².